The Labute approximate surface area is 706 Å². The molecular formula is C79H141N3O38S. The van der Waals surface area contributed by atoms with Crippen LogP contribution >= 0.6 is 0 Å². The molecule has 6 aliphatic heterocycles. The standard InChI is InChI=1S/C79H141N3O38S/c1-6-8-10-12-14-16-18-20-21-23-25-27-29-31-33-35-54(92)82-46(47(89)34-32-30-28-26-24-22-19-17-15-13-11-9-7-2)41-108-74-64(100)62(98)67(52(40-86)113-74)115-76-65(101)71(59(95)50(38-84)111-76)118-73-56(81-45(5)88)70(117-75-63(99)61(97)57(93)43(3)110-75)68(53(114-73)42-109-121(105,106)107)116-77-66(102)72(60(96)51(39-85)112-77)120-79(78(103)104)36-48(90)55(80-44(4)87)69(119-79)58(94)49(91)37-83/h32,34,43,46-53,55-77,83-86,89-91,93-102H,6-31,33,35-42H2,1-5H3,(H,80,87)(H,81,88)(H,82,92)(H,103,104)(H,105,106,107)/b34-32+/t43-,46-,47+,48-,49+,50+,51+,52+,53+,55+,56+,57+,58+,59-,60-,61+,62+,63-,64+,65+,66+,67+,68+,69+,70+,71-,72-,73-,74+,75-,76-,77-,79-/m0/s1. The van der Waals surface area contributed by atoms with Crippen molar-refractivity contribution in [2.45, 2.75) is 423 Å². The average Bonchev–Trinajstić information content (AvgIpc) is 0.844. The van der Waals surface area contributed by atoms with Crippen LogP contribution in [-0.4, -0.2) is 370 Å². The lowest BCUT2D eigenvalue weighted by atomic mass is 9.88. The van der Waals surface area contributed by atoms with E-state index in [1.165, 1.54) is 109 Å². The molecule has 0 spiro atoms. The minimum atomic E-state index is -5.62. The van der Waals surface area contributed by atoms with E-state index in [0.717, 1.165) is 78.1 Å². The summed E-state index contributed by atoms with van der Waals surface area (Å²) >= 11 is 0. The third-order valence-corrected chi connectivity index (χ3v) is 23.3. The number of hydrogen-bond acceptors (Lipinski definition) is 36. The number of hydrogen-bond donors (Lipinski definition) is 22. The highest BCUT2D eigenvalue weighted by Crippen LogP contribution is 2.41. The summed E-state index contributed by atoms with van der Waals surface area (Å²) in [7, 11) is -5.62. The SMILES string of the molecule is CCCCCCCCCCCCC/C=C/[C@@H](O)[C@H](CO[C@@H]1O[C@H](CO)[C@@H](O[C@@H]2O[C@H](CO)[C@H](O)[C@H](O[C@@H]3O[C@H](COS(=O)(=O)O)[C@@H](O[C@@H]4O[C@H](CO)[C@H](O)[C@H](O[C@]5(C(=O)O)C[C@H](O)[C@@H](NC(C)=O)[C@H]([C@H](O)[C@H](O)CO)O5)[C@H]4O)[C@H](O[C@@H]4O[C@@H](C)[C@@H](O)[C@@H](O)[C@@H]4O)[C@H]3NC(C)=O)[C@H]2O)[C@H](O)[C@H]1O)NC(=O)CCCCCCCCCCCCCCCCC. The van der Waals surface area contributed by atoms with Crippen molar-refractivity contribution in [1.82, 2.24) is 16.0 Å². The number of allylic oxidation sites excluding steroid dienone is 1. The van der Waals surface area contributed by atoms with Gasteiger partial charge in [0.25, 0.3) is 5.79 Å². The van der Waals surface area contributed by atoms with Crippen LogP contribution in [0.3, 0.4) is 0 Å². The molecule has 706 valence electrons. The molecule has 0 aromatic heterocycles. The van der Waals surface area contributed by atoms with Crippen LogP contribution in [0.1, 0.15) is 221 Å². The molecule has 0 radical (unpaired) electrons. The first-order chi connectivity index (χ1) is 57.6. The second kappa shape index (κ2) is 54.0. The van der Waals surface area contributed by atoms with E-state index in [-0.39, 0.29) is 6.42 Å². The van der Waals surface area contributed by atoms with Crippen LogP contribution in [0.15, 0.2) is 12.2 Å². The van der Waals surface area contributed by atoms with Crippen molar-refractivity contribution in [2.24, 2.45) is 0 Å². The largest absolute Gasteiger partial charge is 0.477 e. The molecule has 121 heavy (non-hydrogen) atoms. The third-order valence-electron chi connectivity index (χ3n) is 22.9. The third kappa shape index (κ3) is 32.5. The minimum Gasteiger partial charge on any atom is -0.477 e. The van der Waals surface area contributed by atoms with Gasteiger partial charge in [0, 0.05) is 26.7 Å². The van der Waals surface area contributed by atoms with Crippen molar-refractivity contribution in [3.63, 3.8) is 0 Å². The van der Waals surface area contributed by atoms with Crippen molar-refractivity contribution < 1.29 is 185 Å². The predicted octanol–water partition coefficient (Wildman–Crippen LogP) is -2.36. The number of amides is 3. The number of carboxylic acids is 1. The van der Waals surface area contributed by atoms with E-state index in [2.05, 4.69) is 29.8 Å². The van der Waals surface area contributed by atoms with Gasteiger partial charge in [0.05, 0.1) is 70.0 Å². The van der Waals surface area contributed by atoms with Crippen molar-refractivity contribution in [3.05, 3.63) is 12.2 Å². The zero-order chi connectivity index (χ0) is 89.3. The Kier molecular flexibility index (Phi) is 47.3. The first-order valence-electron chi connectivity index (χ1n) is 43.1. The topological polar surface area (TPSA) is 643 Å². The zero-order valence-electron chi connectivity index (χ0n) is 70.0. The molecule has 6 saturated heterocycles. The average molecular weight is 1770 g/mol. The zero-order valence-corrected chi connectivity index (χ0v) is 70.9. The summed E-state index contributed by atoms with van der Waals surface area (Å²) in [5.41, 5.74) is 0. The van der Waals surface area contributed by atoms with Crippen LogP contribution in [0.5, 0.6) is 0 Å². The quantitative estimate of drug-likeness (QED) is 0.0172. The molecule has 6 rings (SSSR count). The number of carbonyl (C=O) groups is 4. The number of aliphatic hydroxyl groups is 17. The molecule has 3 amide bonds. The van der Waals surface area contributed by atoms with Crippen molar-refractivity contribution in [1.29, 1.82) is 0 Å². The predicted molar refractivity (Wildman–Crippen MR) is 420 cm³/mol. The molecular weight excluding hydrogens is 1630 g/mol. The summed E-state index contributed by atoms with van der Waals surface area (Å²) < 4.78 is 112. The monoisotopic (exact) mass is 1770 g/mol. The number of aliphatic hydroxyl groups excluding tert-OH is 17. The summed E-state index contributed by atoms with van der Waals surface area (Å²) in [4.78, 5) is 52.9. The second-order valence-electron chi connectivity index (χ2n) is 32.6. The summed E-state index contributed by atoms with van der Waals surface area (Å²) in [6.07, 6.45) is -30.1. The molecule has 6 aliphatic rings. The highest BCUT2D eigenvalue weighted by Gasteiger charge is 2.62. The van der Waals surface area contributed by atoms with Gasteiger partial charge in [0.2, 0.25) is 17.7 Å². The molecule has 0 aromatic carbocycles. The van der Waals surface area contributed by atoms with Crippen molar-refractivity contribution in [2.75, 3.05) is 39.6 Å². The first kappa shape index (κ1) is 106. The molecule has 0 unspecified atom stereocenters. The van der Waals surface area contributed by atoms with Gasteiger partial charge >= 0.3 is 16.4 Å². The van der Waals surface area contributed by atoms with Crippen LogP contribution in [0, 0.1) is 0 Å². The van der Waals surface area contributed by atoms with Crippen molar-refractivity contribution in [3.8, 4) is 0 Å². The highest BCUT2D eigenvalue weighted by atomic mass is 32.3. The number of carbonyl (C=O) groups excluding carboxylic acids is 3. The fourth-order valence-electron chi connectivity index (χ4n) is 15.9. The Hall–Kier alpha value is -3.67. The number of carboxylic acid groups (broad SMARTS) is 1. The van der Waals surface area contributed by atoms with Crippen LogP contribution in [0.25, 0.3) is 0 Å². The van der Waals surface area contributed by atoms with Gasteiger partial charge in [-0.05, 0) is 26.2 Å². The van der Waals surface area contributed by atoms with Gasteiger partial charge in [0.1, 0.15) is 134 Å². The van der Waals surface area contributed by atoms with E-state index >= 15 is 0 Å². The van der Waals surface area contributed by atoms with E-state index in [1.807, 2.05) is 0 Å². The maximum Gasteiger partial charge on any atom is 0.397 e. The minimum absolute atomic E-state index is 0.127. The van der Waals surface area contributed by atoms with Crippen LogP contribution in [0.4, 0.5) is 0 Å². The Morgan fingerprint density at radius 3 is 1.45 bits per heavy atom. The summed E-state index contributed by atoms with van der Waals surface area (Å²) in [6.45, 7) is 0.741. The molecule has 42 heteroatoms. The fourth-order valence-corrected chi connectivity index (χ4v) is 16.2. The number of aliphatic carboxylic acids is 1. The highest BCUT2D eigenvalue weighted by molar-refractivity contribution is 7.80. The second-order valence-corrected chi connectivity index (χ2v) is 33.7. The van der Waals surface area contributed by atoms with Gasteiger partial charge in [0.15, 0.2) is 31.5 Å². The van der Waals surface area contributed by atoms with E-state index in [1.54, 1.807) is 6.08 Å². The Balaban J connectivity index is 1.24. The Morgan fingerprint density at radius 2 is 0.942 bits per heavy atom. The van der Waals surface area contributed by atoms with Gasteiger partial charge in [-0.1, -0.05) is 180 Å². The number of unbranched alkanes of at least 4 members (excludes halogenated alkanes) is 25. The number of ether oxygens (including phenoxy) is 12. The molecule has 0 saturated carbocycles. The molecule has 6 fully saturated rings. The first-order valence-corrected chi connectivity index (χ1v) is 44.5. The van der Waals surface area contributed by atoms with Gasteiger partial charge in [-0.15, -0.1) is 0 Å². The maximum atomic E-state index is 13.6. The number of rotatable bonds is 56. The lowest BCUT2D eigenvalue weighted by Gasteiger charge is -2.52. The van der Waals surface area contributed by atoms with Crippen LogP contribution < -0.4 is 16.0 Å². The lowest BCUT2D eigenvalue weighted by molar-refractivity contribution is -0.399. The summed E-state index contributed by atoms with van der Waals surface area (Å²) in [5, 5.41) is 210. The Morgan fingerprint density at radius 1 is 0.496 bits per heavy atom. The fraction of sp³-hybridized carbons (Fsp3) is 0.924. The molecule has 0 aliphatic carbocycles. The molecule has 6 heterocycles. The van der Waals surface area contributed by atoms with Gasteiger partial charge in [-0.3, -0.25) is 18.9 Å². The van der Waals surface area contributed by atoms with Gasteiger partial charge in [-0.2, -0.15) is 8.42 Å². The molecule has 41 nitrogen and oxygen atoms in total. The summed E-state index contributed by atoms with van der Waals surface area (Å²) in [6, 6.07) is -5.07. The lowest BCUT2D eigenvalue weighted by Crippen LogP contribution is -2.72. The smallest absolute Gasteiger partial charge is 0.397 e. The number of nitrogens with one attached hydrogen (secondary N) is 3. The maximum absolute atomic E-state index is 13.6. The van der Waals surface area contributed by atoms with E-state index in [0.29, 0.717) is 12.8 Å². The Bertz CT molecular complexity index is 3090. The van der Waals surface area contributed by atoms with Gasteiger partial charge in [-0.25, -0.2) is 8.98 Å². The van der Waals surface area contributed by atoms with E-state index in [9.17, 15) is 124 Å². The van der Waals surface area contributed by atoms with Gasteiger partial charge < -0.3 is 165 Å². The van der Waals surface area contributed by atoms with Crippen LogP contribution in [-0.2, 0) is 90.6 Å². The summed E-state index contributed by atoms with van der Waals surface area (Å²) in [5.74, 6) is -7.88. The van der Waals surface area contributed by atoms with Crippen LogP contribution in [0.2, 0.25) is 0 Å². The molecule has 22 N–H and O–H groups in total. The molecule has 0 bridgehead atoms. The molecule has 0 aromatic rings. The van der Waals surface area contributed by atoms with E-state index < -0.39 is 282 Å². The van der Waals surface area contributed by atoms with E-state index in [4.69, 9.17) is 61.0 Å². The normalized spacial score (nSPS) is 36.0. The molecule has 33 atom stereocenters. The van der Waals surface area contributed by atoms with Crippen molar-refractivity contribution >= 4 is 34.1 Å².